The first-order valence-corrected chi connectivity index (χ1v) is 22.4. The average Bonchev–Trinajstić information content (AvgIpc) is 3.27. The largest absolute Gasteiger partial charge is 0.477 e. The monoisotopic (exact) mass is 1000 g/mol. The summed E-state index contributed by atoms with van der Waals surface area (Å²) in [5.41, 5.74) is 0. The number of carboxylic acid groups (broad SMARTS) is 3. The molecule has 3 saturated heterocycles. The van der Waals surface area contributed by atoms with Crippen LogP contribution in [0.15, 0.2) is 0 Å². The highest BCUT2D eigenvalue weighted by Gasteiger charge is 2.60. The van der Waals surface area contributed by atoms with Gasteiger partial charge in [0.1, 0.15) is 54.9 Å². The standard InChI is InChI=1S/C41H69N3O25/c1-5-6-7-8-9-10-11-64-39(36(58)59)12-21(49)28(43-19(3)47)34(67-39)31(56)25(53)16-66-41(38(62)63)14-23(51)29(44-20(4)48)35(69-41)32(57)26(54)17-65-40(37(60)61)13-22(50)27(42-18(2)46)33(68-40)30(55)24(52)15-45/h21-35,45,49-57H,5-17H2,1-4H3,(H,42,46)(H,43,47)(H,44,48)(H,58,59)(H,60,61)(H,62,63)/t21-,22-,23-,24+,25+,26+,27+,28+,29+,30+,31+,32+,33+,34+,35+,39+,40+,41+/m0/s1. The van der Waals surface area contributed by atoms with E-state index in [0.717, 1.165) is 46.5 Å². The second kappa shape index (κ2) is 26.0. The van der Waals surface area contributed by atoms with Crippen molar-refractivity contribution >= 4 is 35.6 Å². The van der Waals surface area contributed by atoms with Crippen LogP contribution in [-0.2, 0) is 57.2 Å². The van der Waals surface area contributed by atoms with Crippen LogP contribution in [0.25, 0.3) is 0 Å². The minimum Gasteiger partial charge on any atom is -0.477 e. The van der Waals surface area contributed by atoms with Gasteiger partial charge in [-0.2, -0.15) is 0 Å². The predicted octanol–water partition coefficient (Wildman–Crippen LogP) is -6.14. The molecule has 28 heteroatoms. The number of amides is 3. The van der Waals surface area contributed by atoms with Crippen LogP contribution in [-0.4, -0.2) is 237 Å². The fourth-order valence-electron chi connectivity index (χ4n) is 8.37. The number of ether oxygens (including phenoxy) is 6. The lowest BCUT2D eigenvalue weighted by Crippen LogP contribution is -2.69. The lowest BCUT2D eigenvalue weighted by atomic mass is 9.87. The predicted molar refractivity (Wildman–Crippen MR) is 225 cm³/mol. The first-order chi connectivity index (χ1) is 32.2. The minimum absolute atomic E-state index is 0.169. The smallest absolute Gasteiger partial charge is 0.364 e. The van der Waals surface area contributed by atoms with Gasteiger partial charge in [0.15, 0.2) is 0 Å². The van der Waals surface area contributed by atoms with Gasteiger partial charge in [-0.25, -0.2) is 14.4 Å². The van der Waals surface area contributed by atoms with Crippen LogP contribution >= 0.6 is 0 Å². The van der Waals surface area contributed by atoms with E-state index in [1.807, 2.05) is 6.92 Å². The second-order valence-electron chi connectivity index (χ2n) is 17.5. The molecule has 28 nitrogen and oxygen atoms in total. The van der Waals surface area contributed by atoms with Crippen LogP contribution in [0.3, 0.4) is 0 Å². The molecule has 398 valence electrons. The van der Waals surface area contributed by atoms with Gasteiger partial charge in [0.05, 0.1) is 62.9 Å². The van der Waals surface area contributed by atoms with E-state index in [4.69, 9.17) is 28.4 Å². The van der Waals surface area contributed by atoms with Gasteiger partial charge >= 0.3 is 17.9 Å². The van der Waals surface area contributed by atoms with E-state index >= 15 is 0 Å². The van der Waals surface area contributed by atoms with Gasteiger partial charge in [-0.15, -0.1) is 0 Å². The van der Waals surface area contributed by atoms with Crippen LogP contribution in [0.5, 0.6) is 0 Å². The van der Waals surface area contributed by atoms with Gasteiger partial charge < -0.3 is 111 Å². The summed E-state index contributed by atoms with van der Waals surface area (Å²) < 4.78 is 33.3. The Morgan fingerprint density at radius 2 is 0.826 bits per heavy atom. The lowest BCUT2D eigenvalue weighted by molar-refractivity contribution is -0.330. The molecule has 0 aromatic carbocycles. The molecule has 16 N–H and O–H groups in total. The number of unbranched alkanes of at least 4 members (excludes halogenated alkanes) is 5. The first-order valence-electron chi connectivity index (χ1n) is 22.4. The van der Waals surface area contributed by atoms with Gasteiger partial charge in [0.2, 0.25) is 17.7 Å². The summed E-state index contributed by atoms with van der Waals surface area (Å²) >= 11 is 0. The molecule has 3 aliphatic heterocycles. The summed E-state index contributed by atoms with van der Waals surface area (Å²) in [6.45, 7) is 1.16. The van der Waals surface area contributed by atoms with Crippen molar-refractivity contribution in [3.05, 3.63) is 0 Å². The van der Waals surface area contributed by atoms with E-state index in [1.165, 1.54) is 0 Å². The molecule has 3 aliphatic rings. The maximum absolute atomic E-state index is 12.9. The molecule has 0 radical (unpaired) electrons. The van der Waals surface area contributed by atoms with Gasteiger partial charge in [-0.05, 0) is 6.42 Å². The van der Waals surface area contributed by atoms with E-state index in [1.54, 1.807) is 0 Å². The van der Waals surface area contributed by atoms with Crippen molar-refractivity contribution in [1.29, 1.82) is 0 Å². The third-order valence-corrected chi connectivity index (χ3v) is 12.0. The van der Waals surface area contributed by atoms with Crippen molar-refractivity contribution in [2.24, 2.45) is 0 Å². The number of aliphatic carboxylic acids is 3. The Morgan fingerprint density at radius 3 is 1.13 bits per heavy atom. The van der Waals surface area contributed by atoms with E-state index in [2.05, 4.69) is 16.0 Å². The normalized spacial score (nSPS) is 34.3. The first kappa shape index (κ1) is 59.5. The highest BCUT2D eigenvalue weighted by molar-refractivity contribution is 5.78. The Labute approximate surface area is 395 Å². The molecule has 0 unspecified atom stereocenters. The number of hydrogen-bond acceptors (Lipinski definition) is 22. The molecule has 0 aromatic rings. The Bertz CT molecular complexity index is 1730. The summed E-state index contributed by atoms with van der Waals surface area (Å²) in [6.07, 6.45) is -23.7. The molecule has 0 aliphatic carbocycles. The third-order valence-electron chi connectivity index (χ3n) is 12.0. The van der Waals surface area contributed by atoms with Gasteiger partial charge in [0.25, 0.3) is 17.4 Å². The molecule has 0 spiro atoms. The van der Waals surface area contributed by atoms with Crippen LogP contribution in [0.1, 0.15) is 85.5 Å². The van der Waals surface area contributed by atoms with Crippen molar-refractivity contribution in [3.63, 3.8) is 0 Å². The van der Waals surface area contributed by atoms with Crippen molar-refractivity contribution in [1.82, 2.24) is 16.0 Å². The summed E-state index contributed by atoms with van der Waals surface area (Å²) in [5, 5.41) is 146. The molecular formula is C41H69N3O25. The molecule has 3 heterocycles. The van der Waals surface area contributed by atoms with Crippen LogP contribution in [0.4, 0.5) is 0 Å². The Balaban J connectivity index is 1.89. The maximum atomic E-state index is 12.9. The molecule has 69 heavy (non-hydrogen) atoms. The molecule has 0 aromatic heterocycles. The number of aliphatic hydroxyl groups excluding tert-OH is 10. The highest BCUT2D eigenvalue weighted by Crippen LogP contribution is 2.38. The molecule has 3 fully saturated rings. The van der Waals surface area contributed by atoms with E-state index in [0.29, 0.717) is 12.8 Å². The zero-order valence-corrected chi connectivity index (χ0v) is 38.6. The molecule has 18 atom stereocenters. The molecule has 0 bridgehead atoms. The number of hydrogen-bond donors (Lipinski definition) is 16. The van der Waals surface area contributed by atoms with Crippen molar-refractivity contribution in [2.75, 3.05) is 26.4 Å². The molecule has 0 saturated carbocycles. The zero-order chi connectivity index (χ0) is 52.2. The summed E-state index contributed by atoms with van der Waals surface area (Å²) in [7, 11) is 0. The van der Waals surface area contributed by atoms with Crippen LogP contribution < -0.4 is 16.0 Å². The Morgan fingerprint density at radius 1 is 0.522 bits per heavy atom. The zero-order valence-electron chi connectivity index (χ0n) is 38.6. The highest BCUT2D eigenvalue weighted by atomic mass is 16.7. The minimum atomic E-state index is -3.13. The number of carbonyl (C=O) groups excluding carboxylic acids is 3. The molecule has 3 amide bonds. The summed E-state index contributed by atoms with van der Waals surface area (Å²) in [4.78, 5) is 74.5. The summed E-state index contributed by atoms with van der Waals surface area (Å²) in [5.74, 6) is -17.0. The number of aliphatic hydroxyl groups is 10. The Kier molecular flexibility index (Phi) is 22.5. The van der Waals surface area contributed by atoms with Crippen molar-refractivity contribution in [2.45, 2.75) is 194 Å². The third kappa shape index (κ3) is 15.1. The fourth-order valence-corrected chi connectivity index (χ4v) is 8.37. The number of carbonyl (C=O) groups is 6. The second-order valence-corrected chi connectivity index (χ2v) is 17.5. The fraction of sp³-hybridized carbons (Fsp3) is 0.854. The SMILES string of the molecule is CCCCCCCCO[C@]1(C(=O)O)C[C@H](O)[C@@H](NC(C)=O)[C@H]([C@H](O)[C@H](O)CO[C@]2(C(=O)O)C[C@H](O)[C@@H](NC(C)=O)[C@H]([C@H](O)[C@H](O)CO[C@]3(C(=O)O)C[C@H](O)[C@@H](NC(C)=O)[C@H]([C@H](O)[C@H](O)CO)O3)O2)O1. The van der Waals surface area contributed by atoms with Gasteiger partial charge in [-0.3, -0.25) is 14.4 Å². The number of rotatable bonds is 27. The van der Waals surface area contributed by atoms with Crippen LogP contribution in [0.2, 0.25) is 0 Å². The Hall–Kier alpha value is -3.82. The number of nitrogens with one attached hydrogen (secondary N) is 3. The quantitative estimate of drug-likeness (QED) is 0.0341. The maximum Gasteiger partial charge on any atom is 0.364 e. The van der Waals surface area contributed by atoms with E-state index in [-0.39, 0.29) is 6.61 Å². The van der Waals surface area contributed by atoms with E-state index in [9.17, 15) is 95.2 Å². The van der Waals surface area contributed by atoms with Crippen molar-refractivity contribution < 1.29 is 124 Å². The van der Waals surface area contributed by atoms with Gasteiger partial charge in [-0.1, -0.05) is 39.0 Å². The lowest BCUT2D eigenvalue weighted by Gasteiger charge is -2.48. The number of carboxylic acids is 3. The average molecular weight is 1000 g/mol. The van der Waals surface area contributed by atoms with Crippen molar-refractivity contribution in [3.8, 4) is 0 Å². The molecular weight excluding hydrogens is 934 g/mol. The summed E-state index contributed by atoms with van der Waals surface area (Å²) in [6, 6.07) is -4.98. The van der Waals surface area contributed by atoms with Gasteiger partial charge in [0, 0.05) is 40.0 Å². The van der Waals surface area contributed by atoms with Crippen LogP contribution in [0, 0.1) is 0 Å². The molecule has 3 rings (SSSR count). The van der Waals surface area contributed by atoms with E-state index < -0.39 is 183 Å². The topological polar surface area (TPSA) is 457 Å².